The Morgan fingerprint density at radius 3 is 2.16 bits per heavy atom. The topological polar surface area (TPSA) is 17.1 Å². The number of thiophene rings is 2. The second-order valence-corrected chi connectivity index (χ2v) is 9.04. The fraction of sp³-hybridized carbons (Fsp3) is 0.227. The van der Waals surface area contributed by atoms with Gasteiger partial charge in [0.15, 0.2) is 6.29 Å². The van der Waals surface area contributed by atoms with E-state index in [1.54, 1.807) is 11.3 Å². The van der Waals surface area contributed by atoms with Crippen LogP contribution in [0.15, 0.2) is 42.5 Å². The van der Waals surface area contributed by atoms with Crippen molar-refractivity contribution >= 4 is 40.1 Å². The van der Waals surface area contributed by atoms with Gasteiger partial charge in [0.2, 0.25) is 0 Å². The maximum absolute atomic E-state index is 11.1. The average Bonchev–Trinajstić information content (AvgIpc) is 3.33. The molecule has 1 aliphatic carbocycles. The van der Waals surface area contributed by atoms with E-state index in [0.29, 0.717) is 0 Å². The van der Waals surface area contributed by atoms with Gasteiger partial charge in [0.25, 0.3) is 0 Å². The molecule has 2 heterocycles. The Hall–Kier alpha value is -1.97. The van der Waals surface area contributed by atoms with Gasteiger partial charge in [-0.15, -0.1) is 22.7 Å². The minimum Gasteiger partial charge on any atom is -0.297 e. The lowest BCUT2D eigenvalue weighted by atomic mass is 9.97. The molecule has 0 bridgehead atoms. The van der Waals surface area contributed by atoms with Crippen LogP contribution in [0.3, 0.4) is 0 Å². The van der Waals surface area contributed by atoms with Gasteiger partial charge in [-0.25, -0.2) is 0 Å². The van der Waals surface area contributed by atoms with Crippen LogP contribution in [-0.2, 0) is 0 Å². The molecule has 4 rings (SSSR count). The van der Waals surface area contributed by atoms with Gasteiger partial charge in [-0.3, -0.25) is 4.79 Å². The van der Waals surface area contributed by atoms with Crippen molar-refractivity contribution in [1.29, 1.82) is 0 Å². The molecule has 0 N–H and O–H groups in total. The Balaban J connectivity index is 1.81. The first kappa shape index (κ1) is 16.5. The molecule has 0 atom stereocenters. The maximum Gasteiger partial charge on any atom is 0.160 e. The van der Waals surface area contributed by atoms with Gasteiger partial charge in [0, 0.05) is 14.6 Å². The lowest BCUT2D eigenvalue weighted by Crippen LogP contribution is -1.86. The molecule has 0 amide bonds. The van der Waals surface area contributed by atoms with Gasteiger partial charge in [0.1, 0.15) is 0 Å². The first-order chi connectivity index (χ1) is 12.2. The molecule has 3 heteroatoms. The van der Waals surface area contributed by atoms with Gasteiger partial charge < -0.3 is 0 Å². The van der Waals surface area contributed by atoms with Crippen molar-refractivity contribution in [1.82, 2.24) is 0 Å². The largest absolute Gasteiger partial charge is 0.297 e. The zero-order valence-electron chi connectivity index (χ0n) is 14.5. The Kier molecular flexibility index (Phi) is 4.45. The van der Waals surface area contributed by atoms with Crippen LogP contribution >= 0.6 is 22.7 Å². The Labute approximate surface area is 156 Å². The van der Waals surface area contributed by atoms with E-state index in [2.05, 4.69) is 56.3 Å². The minimum absolute atomic E-state index is 0.832. The van der Waals surface area contributed by atoms with Crippen molar-refractivity contribution in [3.63, 3.8) is 0 Å². The van der Waals surface area contributed by atoms with E-state index in [0.717, 1.165) is 24.0 Å². The maximum atomic E-state index is 11.1. The molecule has 1 aliphatic rings. The van der Waals surface area contributed by atoms with Crippen molar-refractivity contribution in [2.24, 2.45) is 0 Å². The highest BCUT2D eigenvalue weighted by Crippen LogP contribution is 2.45. The molecular weight excluding hydrogens is 344 g/mol. The molecule has 126 valence electrons. The first-order valence-electron chi connectivity index (χ1n) is 8.61. The second-order valence-electron chi connectivity index (χ2n) is 6.49. The highest BCUT2D eigenvalue weighted by Gasteiger charge is 2.23. The van der Waals surface area contributed by atoms with Gasteiger partial charge >= 0.3 is 0 Å². The molecule has 0 saturated carbocycles. The van der Waals surface area contributed by atoms with Crippen LogP contribution < -0.4 is 0 Å². The zero-order chi connectivity index (χ0) is 17.4. The van der Waals surface area contributed by atoms with Crippen molar-refractivity contribution in [3.8, 4) is 10.4 Å². The number of benzene rings is 1. The van der Waals surface area contributed by atoms with Crippen LogP contribution in [0.1, 0.15) is 49.8 Å². The van der Waals surface area contributed by atoms with Gasteiger partial charge in [-0.2, -0.15) is 0 Å². The number of allylic oxidation sites excluding steroid dienone is 2. The summed E-state index contributed by atoms with van der Waals surface area (Å²) in [5, 5.41) is 0. The highest BCUT2D eigenvalue weighted by atomic mass is 32.1. The van der Waals surface area contributed by atoms with Crippen LogP contribution in [-0.4, -0.2) is 6.29 Å². The Bertz CT molecular complexity index is 957. The van der Waals surface area contributed by atoms with E-state index in [1.165, 1.54) is 48.9 Å². The third-order valence-corrected chi connectivity index (χ3v) is 6.97. The number of rotatable bonds is 4. The summed E-state index contributed by atoms with van der Waals surface area (Å²) in [4.78, 5) is 16.0. The quantitative estimate of drug-likeness (QED) is 0.455. The summed E-state index contributed by atoms with van der Waals surface area (Å²) in [5.41, 5.74) is 6.90. The molecule has 1 nitrogen and oxygen atoms in total. The molecule has 25 heavy (non-hydrogen) atoms. The van der Waals surface area contributed by atoms with Crippen LogP contribution in [0.5, 0.6) is 0 Å². The predicted molar refractivity (Wildman–Crippen MR) is 110 cm³/mol. The molecular formula is C22H20OS2. The summed E-state index contributed by atoms with van der Waals surface area (Å²) in [5.74, 6) is 0. The average molecular weight is 365 g/mol. The molecule has 0 radical (unpaired) electrons. The van der Waals surface area contributed by atoms with Crippen molar-refractivity contribution in [2.45, 2.75) is 33.1 Å². The summed E-state index contributed by atoms with van der Waals surface area (Å²) in [7, 11) is 0. The Morgan fingerprint density at radius 2 is 1.52 bits per heavy atom. The van der Waals surface area contributed by atoms with Gasteiger partial charge in [0.05, 0.1) is 4.88 Å². The predicted octanol–water partition coefficient (Wildman–Crippen LogP) is 7.00. The second kappa shape index (κ2) is 6.74. The monoisotopic (exact) mass is 364 g/mol. The number of hydrogen-bond donors (Lipinski definition) is 0. The van der Waals surface area contributed by atoms with Crippen molar-refractivity contribution < 1.29 is 4.79 Å². The molecule has 0 fully saturated rings. The van der Waals surface area contributed by atoms with E-state index in [4.69, 9.17) is 0 Å². The first-order valence-corrected chi connectivity index (χ1v) is 10.2. The standard InChI is InChI=1S/C22H20OS2/c1-14-20(11-17(13-23)24-14)18-9-6-10-19(18)21-12-22(25-15(21)2)16-7-4-3-5-8-16/h3-5,7-8,11-13H,6,9-10H2,1-2H3. The zero-order valence-corrected chi connectivity index (χ0v) is 16.1. The fourth-order valence-electron chi connectivity index (χ4n) is 3.73. The SMILES string of the molecule is Cc1sc(C=O)cc1C1=C(c2cc(-c3ccccc3)sc2C)CCC1. The normalized spacial score (nSPS) is 14.3. The molecule has 0 unspecified atom stereocenters. The summed E-state index contributed by atoms with van der Waals surface area (Å²) >= 11 is 3.48. The van der Waals surface area contributed by atoms with Crippen LogP contribution in [0.4, 0.5) is 0 Å². The van der Waals surface area contributed by atoms with Crippen LogP contribution in [0.25, 0.3) is 21.6 Å². The summed E-state index contributed by atoms with van der Waals surface area (Å²) in [6.45, 7) is 4.36. The van der Waals surface area contributed by atoms with Crippen molar-refractivity contribution in [2.75, 3.05) is 0 Å². The molecule has 1 aromatic carbocycles. The lowest BCUT2D eigenvalue weighted by molar-refractivity contribution is 0.112. The highest BCUT2D eigenvalue weighted by molar-refractivity contribution is 7.15. The van der Waals surface area contributed by atoms with Gasteiger partial charge in [-0.05, 0) is 73.1 Å². The lowest BCUT2D eigenvalue weighted by Gasteiger charge is -2.07. The van der Waals surface area contributed by atoms with E-state index in [9.17, 15) is 4.79 Å². The van der Waals surface area contributed by atoms with Crippen LogP contribution in [0, 0.1) is 13.8 Å². The third-order valence-electron chi connectivity index (χ3n) is 4.90. The third kappa shape index (κ3) is 3.03. The number of carbonyl (C=O) groups excluding carboxylic acids is 1. The van der Waals surface area contributed by atoms with Crippen LogP contribution in [0.2, 0.25) is 0 Å². The molecule has 0 aliphatic heterocycles. The smallest absolute Gasteiger partial charge is 0.160 e. The Morgan fingerprint density at radius 1 is 0.880 bits per heavy atom. The summed E-state index contributed by atoms with van der Waals surface area (Å²) in [6, 6.07) is 15.1. The van der Waals surface area contributed by atoms with Crippen molar-refractivity contribution in [3.05, 3.63) is 68.2 Å². The van der Waals surface area contributed by atoms with E-state index < -0.39 is 0 Å². The molecule has 0 spiro atoms. The number of carbonyl (C=O) groups is 1. The molecule has 3 aromatic rings. The number of hydrogen-bond acceptors (Lipinski definition) is 3. The van der Waals surface area contributed by atoms with E-state index in [1.807, 2.05) is 11.3 Å². The van der Waals surface area contributed by atoms with Gasteiger partial charge in [-0.1, -0.05) is 30.3 Å². The molecule has 2 aromatic heterocycles. The number of aryl methyl sites for hydroxylation is 2. The summed E-state index contributed by atoms with van der Waals surface area (Å²) < 4.78 is 0. The van der Waals surface area contributed by atoms with E-state index in [-0.39, 0.29) is 0 Å². The molecule has 0 saturated heterocycles. The fourth-order valence-corrected chi connectivity index (χ4v) is 5.65. The minimum atomic E-state index is 0.832. The van der Waals surface area contributed by atoms with E-state index >= 15 is 0 Å². The number of aldehydes is 1. The summed E-state index contributed by atoms with van der Waals surface area (Å²) in [6.07, 6.45) is 4.42.